The maximum absolute atomic E-state index is 14.5. The van der Waals surface area contributed by atoms with Gasteiger partial charge in [0.1, 0.15) is 23.7 Å². The van der Waals surface area contributed by atoms with Gasteiger partial charge in [0.2, 0.25) is 5.91 Å². The van der Waals surface area contributed by atoms with Crippen LogP contribution in [0, 0.1) is 18.6 Å². The summed E-state index contributed by atoms with van der Waals surface area (Å²) < 4.78 is 35.9. The normalized spacial score (nSPS) is 17.3. The van der Waals surface area contributed by atoms with E-state index in [0.29, 0.717) is 40.3 Å². The van der Waals surface area contributed by atoms with Crippen LogP contribution in [0.25, 0.3) is 16.6 Å². The molecule has 1 amide bonds. The van der Waals surface area contributed by atoms with Crippen molar-refractivity contribution in [3.63, 3.8) is 0 Å². The third kappa shape index (κ3) is 4.83. The molecule has 0 saturated carbocycles. The molecule has 0 unspecified atom stereocenters. The molecule has 2 aromatic carbocycles. The van der Waals surface area contributed by atoms with Crippen LogP contribution in [0.15, 0.2) is 48.8 Å². The van der Waals surface area contributed by atoms with E-state index in [1.807, 2.05) is 50.9 Å². The molecule has 4 aromatic rings. The zero-order chi connectivity index (χ0) is 27.1. The molecule has 1 aliphatic rings. The summed E-state index contributed by atoms with van der Waals surface area (Å²) in [6.07, 6.45) is 2.45. The molecule has 7 nitrogen and oxygen atoms in total. The smallest absolute Gasteiger partial charge is 0.240 e. The van der Waals surface area contributed by atoms with Gasteiger partial charge in [0.05, 0.1) is 35.2 Å². The molecule has 2 aromatic heterocycles. The lowest BCUT2D eigenvalue weighted by molar-refractivity contribution is -0.142. The fourth-order valence-corrected chi connectivity index (χ4v) is 5.18. The highest BCUT2D eigenvalue weighted by atomic mass is 35.5. The number of ether oxygens (including phenoxy) is 1. The SMILES string of the molecule is Cc1cc(-n2cc(F)cn2)c2cccc(OCc3c(Cl)cc(F)cc3[C@H](C)N3CCN(C)[C@H](C)C3=O)c2n1. The number of carbonyl (C=O) groups is 1. The van der Waals surface area contributed by atoms with Gasteiger partial charge >= 0.3 is 0 Å². The lowest BCUT2D eigenvalue weighted by Crippen LogP contribution is -2.54. The molecule has 198 valence electrons. The molecule has 0 N–H and O–H groups in total. The van der Waals surface area contributed by atoms with Gasteiger partial charge in [-0.3, -0.25) is 9.69 Å². The minimum Gasteiger partial charge on any atom is -0.487 e. The molecule has 1 saturated heterocycles. The van der Waals surface area contributed by atoms with Gasteiger partial charge in [-0.05, 0) is 57.6 Å². The Labute approximate surface area is 224 Å². The van der Waals surface area contributed by atoms with Crippen molar-refractivity contribution >= 4 is 28.4 Å². The number of carbonyl (C=O) groups excluding carboxylic acids is 1. The summed E-state index contributed by atoms with van der Waals surface area (Å²) in [7, 11) is 1.91. The summed E-state index contributed by atoms with van der Waals surface area (Å²) in [4.78, 5) is 21.4. The molecule has 1 fully saturated rings. The third-order valence-electron chi connectivity index (χ3n) is 7.19. The van der Waals surface area contributed by atoms with Gasteiger partial charge < -0.3 is 9.64 Å². The zero-order valence-electron chi connectivity index (χ0n) is 21.6. The van der Waals surface area contributed by atoms with Crippen LogP contribution in [-0.4, -0.2) is 56.7 Å². The second kappa shape index (κ2) is 10.3. The van der Waals surface area contributed by atoms with Crippen molar-refractivity contribution in [3.05, 3.63) is 82.3 Å². The Bertz CT molecular complexity index is 1520. The Morgan fingerprint density at radius 1 is 1.18 bits per heavy atom. The van der Waals surface area contributed by atoms with Gasteiger partial charge in [-0.15, -0.1) is 0 Å². The number of aryl methyl sites for hydroxylation is 1. The number of benzene rings is 2. The van der Waals surface area contributed by atoms with E-state index in [1.165, 1.54) is 23.0 Å². The third-order valence-corrected chi connectivity index (χ3v) is 7.52. The second-order valence-corrected chi connectivity index (χ2v) is 10.1. The Morgan fingerprint density at radius 2 is 1.97 bits per heavy atom. The first kappa shape index (κ1) is 26.1. The number of aromatic nitrogens is 3. The van der Waals surface area contributed by atoms with E-state index in [2.05, 4.69) is 10.1 Å². The van der Waals surface area contributed by atoms with E-state index in [1.54, 1.807) is 11.0 Å². The van der Waals surface area contributed by atoms with Gasteiger partial charge in [-0.2, -0.15) is 5.10 Å². The van der Waals surface area contributed by atoms with E-state index in [-0.39, 0.29) is 23.6 Å². The van der Waals surface area contributed by atoms with Crippen molar-refractivity contribution in [2.75, 3.05) is 20.1 Å². The standard InChI is InChI=1S/C28H28ClF2N5O2/c1-16-10-25(36-14-20(31)13-32-36)21-6-5-7-26(27(21)33-16)38-15-23-22(11-19(30)12-24(23)29)17(2)35-9-8-34(4)18(3)28(35)37/h5-7,10-14,17-18H,8-9,15H2,1-4H3/t17-,18+/m0/s1. The highest BCUT2D eigenvalue weighted by molar-refractivity contribution is 6.31. The number of fused-ring (bicyclic) bond motifs is 1. The van der Waals surface area contributed by atoms with Gasteiger partial charge in [-0.25, -0.2) is 18.4 Å². The summed E-state index contributed by atoms with van der Waals surface area (Å²) in [5, 5.41) is 5.05. The number of para-hydroxylation sites is 1. The van der Waals surface area contributed by atoms with Gasteiger partial charge in [-0.1, -0.05) is 23.7 Å². The predicted octanol–water partition coefficient (Wildman–Crippen LogP) is 5.46. The highest BCUT2D eigenvalue weighted by Gasteiger charge is 2.33. The largest absolute Gasteiger partial charge is 0.487 e. The predicted molar refractivity (Wildman–Crippen MR) is 142 cm³/mol. The van der Waals surface area contributed by atoms with E-state index in [9.17, 15) is 13.6 Å². The maximum atomic E-state index is 14.5. The van der Waals surface area contributed by atoms with Gasteiger partial charge in [0, 0.05) is 29.7 Å². The van der Waals surface area contributed by atoms with Crippen LogP contribution in [0.2, 0.25) is 5.02 Å². The molecule has 5 rings (SSSR count). The second-order valence-electron chi connectivity index (χ2n) is 9.65. The molecule has 0 aliphatic carbocycles. The van der Waals surface area contributed by atoms with Gasteiger partial charge in [0.25, 0.3) is 0 Å². The van der Waals surface area contributed by atoms with Crippen molar-refractivity contribution in [2.45, 2.75) is 39.5 Å². The highest BCUT2D eigenvalue weighted by Crippen LogP contribution is 2.34. The number of halogens is 3. The molecule has 1 aliphatic heterocycles. The molecule has 38 heavy (non-hydrogen) atoms. The summed E-state index contributed by atoms with van der Waals surface area (Å²) in [6.45, 7) is 6.86. The summed E-state index contributed by atoms with van der Waals surface area (Å²) in [6, 6.07) is 9.29. The van der Waals surface area contributed by atoms with Crippen LogP contribution >= 0.6 is 11.6 Å². The number of hydrogen-bond acceptors (Lipinski definition) is 5. The number of amides is 1. The minimum atomic E-state index is -0.478. The maximum Gasteiger partial charge on any atom is 0.240 e. The molecular weight excluding hydrogens is 512 g/mol. The first-order valence-electron chi connectivity index (χ1n) is 12.4. The average molecular weight is 540 g/mol. The number of likely N-dealkylation sites (N-methyl/N-ethyl adjacent to an activating group) is 1. The lowest BCUT2D eigenvalue weighted by Gasteiger charge is -2.40. The number of hydrogen-bond donors (Lipinski definition) is 0. The lowest BCUT2D eigenvalue weighted by atomic mass is 9.98. The van der Waals surface area contributed by atoms with E-state index < -0.39 is 17.7 Å². The summed E-state index contributed by atoms with van der Waals surface area (Å²) >= 11 is 6.53. The van der Waals surface area contributed by atoms with Crippen molar-refractivity contribution < 1.29 is 18.3 Å². The van der Waals surface area contributed by atoms with Crippen LogP contribution in [0.1, 0.15) is 36.7 Å². The van der Waals surface area contributed by atoms with Crippen molar-refractivity contribution in [3.8, 4) is 11.4 Å². The summed E-state index contributed by atoms with van der Waals surface area (Å²) in [5.41, 5.74) is 3.14. The number of nitrogens with zero attached hydrogens (tertiary/aromatic N) is 5. The number of piperazine rings is 1. The van der Waals surface area contributed by atoms with Crippen molar-refractivity contribution in [1.29, 1.82) is 0 Å². The Hall–Kier alpha value is -3.56. The molecule has 0 bridgehead atoms. The number of rotatable bonds is 6. The fourth-order valence-electron chi connectivity index (χ4n) is 4.92. The molecule has 2 atom stereocenters. The number of pyridine rings is 1. The molecule has 3 heterocycles. The topological polar surface area (TPSA) is 63.5 Å². The van der Waals surface area contributed by atoms with Crippen LogP contribution in [0.4, 0.5) is 8.78 Å². The molecular formula is C28H28ClF2N5O2. The van der Waals surface area contributed by atoms with E-state index >= 15 is 0 Å². The quantitative estimate of drug-likeness (QED) is 0.325. The van der Waals surface area contributed by atoms with Crippen LogP contribution < -0.4 is 4.74 Å². The Morgan fingerprint density at radius 3 is 2.71 bits per heavy atom. The first-order chi connectivity index (χ1) is 18.1. The van der Waals surface area contributed by atoms with E-state index in [4.69, 9.17) is 16.3 Å². The molecule has 0 radical (unpaired) electrons. The van der Waals surface area contributed by atoms with E-state index in [0.717, 1.165) is 18.1 Å². The zero-order valence-corrected chi connectivity index (χ0v) is 22.3. The van der Waals surface area contributed by atoms with Crippen molar-refractivity contribution in [2.24, 2.45) is 0 Å². The Balaban J connectivity index is 1.49. The van der Waals surface area contributed by atoms with Gasteiger partial charge in [0.15, 0.2) is 5.82 Å². The average Bonchev–Trinajstić information content (AvgIpc) is 3.31. The first-order valence-corrected chi connectivity index (χ1v) is 12.7. The summed E-state index contributed by atoms with van der Waals surface area (Å²) in [5.74, 6) is -0.451. The van der Waals surface area contributed by atoms with Crippen LogP contribution in [-0.2, 0) is 11.4 Å². The molecule has 0 spiro atoms. The Kier molecular flexibility index (Phi) is 7.07. The molecule has 10 heteroatoms. The van der Waals surface area contributed by atoms with Crippen LogP contribution in [0.3, 0.4) is 0 Å². The van der Waals surface area contributed by atoms with Crippen LogP contribution in [0.5, 0.6) is 5.75 Å². The monoisotopic (exact) mass is 539 g/mol. The minimum absolute atomic E-state index is 0.0187. The fraction of sp³-hybridized carbons (Fsp3) is 0.321. The van der Waals surface area contributed by atoms with Crippen molar-refractivity contribution in [1.82, 2.24) is 24.6 Å².